The number of benzene rings is 2. The number of nitrogens with zero attached hydrogens (tertiary/aromatic N) is 1. The number of rotatable bonds is 6. The van der Waals surface area contributed by atoms with Gasteiger partial charge >= 0.3 is 12.1 Å². The maximum absolute atomic E-state index is 13.0. The molecule has 2 N–H and O–H groups in total. The first-order chi connectivity index (χ1) is 15.6. The van der Waals surface area contributed by atoms with Gasteiger partial charge in [0.2, 0.25) is 5.88 Å². The average Bonchev–Trinajstić information content (AvgIpc) is 3.18. The van der Waals surface area contributed by atoms with E-state index in [1.165, 1.54) is 24.3 Å². The van der Waals surface area contributed by atoms with Crippen LogP contribution in [0.25, 0.3) is 22.2 Å². The lowest BCUT2D eigenvalue weighted by Gasteiger charge is -2.12. The fourth-order valence-corrected chi connectivity index (χ4v) is 3.31. The molecule has 0 bridgehead atoms. The number of hydrogen-bond donors (Lipinski definition) is 2. The molecule has 170 valence electrons. The van der Waals surface area contributed by atoms with Gasteiger partial charge in [0.15, 0.2) is 0 Å². The number of H-pyrrole nitrogens is 1. The number of alkyl halides is 3. The van der Waals surface area contributed by atoms with Gasteiger partial charge in [-0.1, -0.05) is 6.07 Å². The third-order valence-electron chi connectivity index (χ3n) is 4.70. The number of aromatic amines is 1. The Kier molecular flexibility index (Phi) is 5.71. The summed E-state index contributed by atoms with van der Waals surface area (Å²) < 4.78 is 50.4. The maximum atomic E-state index is 13.0. The van der Waals surface area contributed by atoms with Gasteiger partial charge < -0.3 is 19.6 Å². The summed E-state index contributed by atoms with van der Waals surface area (Å²) in [5.41, 5.74) is 0.588. The highest BCUT2D eigenvalue weighted by atomic mass is 19.4. The van der Waals surface area contributed by atoms with Crippen LogP contribution in [0.5, 0.6) is 17.4 Å². The van der Waals surface area contributed by atoms with Crippen molar-refractivity contribution in [3.63, 3.8) is 0 Å². The van der Waals surface area contributed by atoms with Crippen LogP contribution in [0.15, 0.2) is 60.7 Å². The van der Waals surface area contributed by atoms with Crippen LogP contribution >= 0.6 is 0 Å². The molecule has 0 atom stereocenters. The largest absolute Gasteiger partial charge is 0.491 e. The Balaban J connectivity index is 1.78. The van der Waals surface area contributed by atoms with E-state index in [0.717, 1.165) is 12.1 Å². The molecule has 0 unspecified atom stereocenters. The Hall–Kier alpha value is -4.01. The molecule has 9 heteroatoms. The first-order valence-electron chi connectivity index (χ1n) is 9.99. The molecular weight excluding hydrogens is 437 g/mol. The van der Waals surface area contributed by atoms with Crippen molar-refractivity contribution in [2.24, 2.45) is 0 Å². The van der Waals surface area contributed by atoms with Gasteiger partial charge in [0, 0.05) is 17.0 Å². The van der Waals surface area contributed by atoms with E-state index in [9.17, 15) is 23.1 Å². The third-order valence-corrected chi connectivity index (χ3v) is 4.70. The molecule has 2 aromatic carbocycles. The van der Waals surface area contributed by atoms with Crippen molar-refractivity contribution in [1.82, 2.24) is 9.97 Å². The Morgan fingerprint density at radius 3 is 2.39 bits per heavy atom. The standard InChI is InChI=1S/C24H19F3N2O4/c1-13(2)32-17-8-6-14(7-9-17)21-22-15(10-19(28-22)23(30)31)11-20(29-21)33-18-5-3-4-16(12-18)24(25,26)27/h3-13,28H,1-2H3,(H,30,31). The Morgan fingerprint density at radius 1 is 1.03 bits per heavy atom. The lowest BCUT2D eigenvalue weighted by molar-refractivity contribution is -0.137. The molecule has 33 heavy (non-hydrogen) atoms. The summed E-state index contributed by atoms with van der Waals surface area (Å²) in [5.74, 6) is -0.523. The monoisotopic (exact) mass is 456 g/mol. The molecule has 4 rings (SSSR count). The molecule has 0 aliphatic rings. The minimum absolute atomic E-state index is 0.00796. The number of hydrogen-bond acceptors (Lipinski definition) is 4. The van der Waals surface area contributed by atoms with E-state index in [-0.39, 0.29) is 23.4 Å². The number of ether oxygens (including phenoxy) is 2. The van der Waals surface area contributed by atoms with Gasteiger partial charge in [-0.3, -0.25) is 0 Å². The smallest absolute Gasteiger partial charge is 0.416 e. The summed E-state index contributed by atoms with van der Waals surface area (Å²) >= 11 is 0. The molecule has 2 aromatic heterocycles. The SMILES string of the molecule is CC(C)Oc1ccc(-c2nc(Oc3cccc(C(F)(F)F)c3)cc3cc(C(=O)O)[nH]c23)cc1. The van der Waals surface area contributed by atoms with Crippen molar-refractivity contribution in [2.45, 2.75) is 26.1 Å². The van der Waals surface area contributed by atoms with Gasteiger partial charge in [0.1, 0.15) is 17.2 Å². The normalized spacial score (nSPS) is 11.7. The lowest BCUT2D eigenvalue weighted by Crippen LogP contribution is -2.05. The average molecular weight is 456 g/mol. The van der Waals surface area contributed by atoms with Gasteiger partial charge in [-0.2, -0.15) is 13.2 Å². The second kappa shape index (κ2) is 8.50. The van der Waals surface area contributed by atoms with Gasteiger partial charge in [-0.15, -0.1) is 0 Å². The molecule has 0 saturated carbocycles. The van der Waals surface area contributed by atoms with Crippen LogP contribution in [0.4, 0.5) is 13.2 Å². The molecular formula is C24H19F3N2O4. The quantitative estimate of drug-likeness (QED) is 0.345. The van der Waals surface area contributed by atoms with Crippen LogP contribution in [0.3, 0.4) is 0 Å². The second-order valence-electron chi connectivity index (χ2n) is 7.58. The molecule has 0 saturated heterocycles. The number of nitrogens with one attached hydrogen (secondary N) is 1. The van der Waals surface area contributed by atoms with Crippen molar-refractivity contribution in [3.8, 4) is 28.6 Å². The highest BCUT2D eigenvalue weighted by Crippen LogP contribution is 2.35. The van der Waals surface area contributed by atoms with E-state index >= 15 is 0 Å². The van der Waals surface area contributed by atoms with Crippen molar-refractivity contribution in [1.29, 1.82) is 0 Å². The zero-order valence-electron chi connectivity index (χ0n) is 17.6. The van der Waals surface area contributed by atoms with Crippen LogP contribution in [-0.4, -0.2) is 27.1 Å². The van der Waals surface area contributed by atoms with Crippen molar-refractivity contribution in [3.05, 3.63) is 71.9 Å². The number of carboxylic acids is 1. The zero-order valence-corrected chi connectivity index (χ0v) is 17.6. The zero-order chi connectivity index (χ0) is 23.8. The molecule has 6 nitrogen and oxygen atoms in total. The molecule has 0 fully saturated rings. The van der Waals surface area contributed by atoms with E-state index in [1.807, 2.05) is 13.8 Å². The van der Waals surface area contributed by atoms with Crippen molar-refractivity contribution < 1.29 is 32.5 Å². The summed E-state index contributed by atoms with van der Waals surface area (Å²) in [7, 11) is 0. The van der Waals surface area contributed by atoms with E-state index in [1.54, 1.807) is 24.3 Å². The molecule has 0 aliphatic heterocycles. The first-order valence-corrected chi connectivity index (χ1v) is 9.99. The summed E-state index contributed by atoms with van der Waals surface area (Å²) in [6.07, 6.45) is -4.52. The number of aromatic carboxylic acids is 1. The summed E-state index contributed by atoms with van der Waals surface area (Å²) in [5, 5.41) is 9.86. The number of carbonyl (C=O) groups is 1. The van der Waals surface area contributed by atoms with E-state index in [0.29, 0.717) is 27.9 Å². The van der Waals surface area contributed by atoms with E-state index in [2.05, 4.69) is 9.97 Å². The molecule has 0 radical (unpaired) electrons. The Labute approximate surface area is 186 Å². The van der Waals surface area contributed by atoms with Crippen molar-refractivity contribution >= 4 is 16.9 Å². The van der Waals surface area contributed by atoms with Gasteiger partial charge in [-0.05, 0) is 62.4 Å². The number of aromatic nitrogens is 2. The van der Waals surface area contributed by atoms with E-state index in [4.69, 9.17) is 9.47 Å². The van der Waals surface area contributed by atoms with Crippen molar-refractivity contribution in [2.75, 3.05) is 0 Å². The third kappa shape index (κ3) is 4.92. The number of fused-ring (bicyclic) bond motifs is 1. The fourth-order valence-electron chi connectivity index (χ4n) is 3.31. The Bertz CT molecular complexity index is 1310. The predicted molar refractivity (Wildman–Crippen MR) is 116 cm³/mol. The molecule has 0 spiro atoms. The maximum Gasteiger partial charge on any atom is 0.416 e. The van der Waals surface area contributed by atoms with Crippen LogP contribution in [0.1, 0.15) is 29.9 Å². The first kappa shape index (κ1) is 22.2. The van der Waals surface area contributed by atoms with Gasteiger partial charge in [0.25, 0.3) is 0 Å². The minimum Gasteiger partial charge on any atom is -0.491 e. The summed E-state index contributed by atoms with van der Waals surface area (Å²) in [4.78, 5) is 18.8. The van der Waals surface area contributed by atoms with Crippen LogP contribution in [0.2, 0.25) is 0 Å². The Morgan fingerprint density at radius 2 is 1.76 bits per heavy atom. The number of halogens is 3. The fraction of sp³-hybridized carbons (Fsp3) is 0.167. The van der Waals surface area contributed by atoms with E-state index < -0.39 is 17.7 Å². The van der Waals surface area contributed by atoms with Crippen LogP contribution in [0, 0.1) is 0 Å². The summed E-state index contributed by atoms with van der Waals surface area (Å²) in [6, 6.07) is 14.4. The molecule has 0 aliphatic carbocycles. The highest BCUT2D eigenvalue weighted by Gasteiger charge is 2.30. The lowest BCUT2D eigenvalue weighted by atomic mass is 10.1. The second-order valence-corrected chi connectivity index (χ2v) is 7.58. The molecule has 0 amide bonds. The number of pyridine rings is 1. The predicted octanol–water partition coefficient (Wildman–Crippen LogP) is 6.53. The van der Waals surface area contributed by atoms with Crippen LogP contribution < -0.4 is 9.47 Å². The molecule has 4 aromatic rings. The topological polar surface area (TPSA) is 84.4 Å². The number of carboxylic acid groups (broad SMARTS) is 1. The van der Waals surface area contributed by atoms with Crippen LogP contribution in [-0.2, 0) is 6.18 Å². The highest BCUT2D eigenvalue weighted by molar-refractivity contribution is 5.99. The summed E-state index contributed by atoms with van der Waals surface area (Å²) in [6.45, 7) is 3.81. The van der Waals surface area contributed by atoms with Gasteiger partial charge in [0.05, 0.1) is 22.9 Å². The molecule has 2 heterocycles. The van der Waals surface area contributed by atoms with Gasteiger partial charge in [-0.25, -0.2) is 9.78 Å². The minimum atomic E-state index is -4.52.